The van der Waals surface area contributed by atoms with Crippen molar-refractivity contribution >= 4 is 5.97 Å². The lowest BCUT2D eigenvalue weighted by Gasteiger charge is -2.28. The number of hydrogen-bond acceptors (Lipinski definition) is 5. The highest BCUT2D eigenvalue weighted by Gasteiger charge is 2.27. The summed E-state index contributed by atoms with van der Waals surface area (Å²) in [5, 5.41) is 9.00. The van der Waals surface area contributed by atoms with Crippen LogP contribution >= 0.6 is 0 Å². The van der Waals surface area contributed by atoms with Crippen molar-refractivity contribution in [2.75, 3.05) is 45.9 Å². The fourth-order valence-electron chi connectivity index (χ4n) is 2.63. The van der Waals surface area contributed by atoms with Gasteiger partial charge < -0.3 is 9.84 Å². The van der Waals surface area contributed by atoms with Crippen molar-refractivity contribution in [3.63, 3.8) is 0 Å². The maximum Gasteiger partial charge on any atom is 0.323 e. The second-order valence-electron chi connectivity index (χ2n) is 5.01. The normalized spacial score (nSPS) is 19.9. The Morgan fingerprint density at radius 3 is 2.68 bits per heavy atom. The lowest BCUT2D eigenvalue weighted by atomic mass is 10.1. The van der Waals surface area contributed by atoms with E-state index in [9.17, 15) is 4.79 Å². The Kier molecular flexibility index (Phi) is 8.02. The molecule has 0 aromatic carbocycles. The number of rotatable bonds is 7. The fourth-order valence-corrected chi connectivity index (χ4v) is 2.63. The fraction of sp³-hybridized carbons (Fsp3) is 0.929. The molecule has 5 nitrogen and oxygen atoms in total. The maximum atomic E-state index is 12.0. The average molecular weight is 272 g/mol. The van der Waals surface area contributed by atoms with Crippen LogP contribution < -0.4 is 0 Å². The molecule has 19 heavy (non-hydrogen) atoms. The smallest absolute Gasteiger partial charge is 0.323 e. The molecule has 0 bridgehead atoms. The summed E-state index contributed by atoms with van der Waals surface area (Å²) in [6, 6.07) is -0.0981. The highest BCUT2D eigenvalue weighted by atomic mass is 16.5. The Morgan fingerprint density at radius 1 is 1.26 bits per heavy atom. The Morgan fingerprint density at radius 2 is 2.05 bits per heavy atom. The Bertz CT molecular complexity index is 261. The van der Waals surface area contributed by atoms with E-state index in [4.69, 9.17) is 9.84 Å². The van der Waals surface area contributed by atoms with E-state index < -0.39 is 0 Å². The zero-order valence-electron chi connectivity index (χ0n) is 12.3. The quantitative estimate of drug-likeness (QED) is 0.692. The first-order valence-corrected chi connectivity index (χ1v) is 7.46. The maximum absolute atomic E-state index is 12.0. The van der Waals surface area contributed by atoms with E-state index >= 15 is 0 Å². The first kappa shape index (κ1) is 16.4. The first-order valence-electron chi connectivity index (χ1n) is 7.46. The van der Waals surface area contributed by atoms with E-state index in [1.807, 2.05) is 6.92 Å². The molecule has 1 fully saturated rings. The molecule has 1 aliphatic heterocycles. The van der Waals surface area contributed by atoms with E-state index in [-0.39, 0.29) is 18.6 Å². The molecule has 1 rings (SSSR count). The lowest BCUT2D eigenvalue weighted by molar-refractivity contribution is -0.149. The number of esters is 1. The number of aliphatic hydroxyl groups is 1. The van der Waals surface area contributed by atoms with E-state index in [1.54, 1.807) is 0 Å². The van der Waals surface area contributed by atoms with Crippen LogP contribution in [0.3, 0.4) is 0 Å². The van der Waals surface area contributed by atoms with E-state index in [0.29, 0.717) is 6.61 Å². The number of aliphatic hydroxyl groups excluding tert-OH is 1. The number of carbonyl (C=O) groups is 1. The molecule has 1 N–H and O–H groups in total. The highest BCUT2D eigenvalue weighted by Crippen LogP contribution is 2.13. The Hall–Kier alpha value is -0.650. The van der Waals surface area contributed by atoms with Gasteiger partial charge in [0, 0.05) is 26.2 Å². The van der Waals surface area contributed by atoms with Gasteiger partial charge in [-0.3, -0.25) is 14.6 Å². The van der Waals surface area contributed by atoms with Gasteiger partial charge in [-0.2, -0.15) is 0 Å². The molecule has 0 aromatic rings. The minimum atomic E-state index is -0.0981. The van der Waals surface area contributed by atoms with Crippen LogP contribution in [0.1, 0.15) is 33.1 Å². The molecule has 0 aliphatic carbocycles. The lowest BCUT2D eigenvalue weighted by Crippen LogP contribution is -2.44. The van der Waals surface area contributed by atoms with Crippen LogP contribution in [0, 0.1) is 0 Å². The van der Waals surface area contributed by atoms with Gasteiger partial charge in [0.2, 0.25) is 0 Å². The standard InChI is InChI=1S/C14H28N2O3/c1-3-6-13(14(18)19-4-2)16-8-5-7-15(9-10-16)11-12-17/h13,17H,3-12H2,1-2H3. The second kappa shape index (κ2) is 9.28. The molecular weight excluding hydrogens is 244 g/mol. The van der Waals surface area contributed by atoms with Crippen LogP contribution in [0.15, 0.2) is 0 Å². The molecule has 1 heterocycles. The van der Waals surface area contributed by atoms with Crippen LogP contribution in [0.25, 0.3) is 0 Å². The van der Waals surface area contributed by atoms with Crippen LogP contribution in [-0.4, -0.2) is 72.9 Å². The minimum Gasteiger partial charge on any atom is -0.465 e. The van der Waals surface area contributed by atoms with Crippen molar-refractivity contribution in [2.45, 2.75) is 39.2 Å². The SMILES string of the molecule is CCCC(C(=O)OCC)N1CCCN(CCO)CC1. The molecule has 1 aliphatic rings. The third kappa shape index (κ3) is 5.47. The van der Waals surface area contributed by atoms with Gasteiger partial charge in [-0.05, 0) is 26.3 Å². The monoisotopic (exact) mass is 272 g/mol. The van der Waals surface area contributed by atoms with Crippen molar-refractivity contribution in [3.05, 3.63) is 0 Å². The summed E-state index contributed by atoms with van der Waals surface area (Å²) in [6.45, 7) is 9.06. The topological polar surface area (TPSA) is 53.0 Å². The van der Waals surface area contributed by atoms with E-state index in [0.717, 1.165) is 52.0 Å². The summed E-state index contributed by atoms with van der Waals surface area (Å²) in [4.78, 5) is 16.5. The van der Waals surface area contributed by atoms with Gasteiger partial charge in [-0.25, -0.2) is 0 Å². The second-order valence-corrected chi connectivity index (χ2v) is 5.01. The van der Waals surface area contributed by atoms with Crippen LogP contribution in [0.4, 0.5) is 0 Å². The molecule has 0 aromatic heterocycles. The van der Waals surface area contributed by atoms with Gasteiger partial charge in [0.25, 0.3) is 0 Å². The summed E-state index contributed by atoms with van der Waals surface area (Å²) in [7, 11) is 0. The molecule has 0 radical (unpaired) electrons. The molecule has 1 unspecified atom stereocenters. The van der Waals surface area contributed by atoms with Gasteiger partial charge in [0.15, 0.2) is 0 Å². The van der Waals surface area contributed by atoms with Gasteiger partial charge in [0.1, 0.15) is 6.04 Å². The summed E-state index contributed by atoms with van der Waals surface area (Å²) in [5.41, 5.74) is 0. The van der Waals surface area contributed by atoms with Crippen molar-refractivity contribution in [1.29, 1.82) is 0 Å². The largest absolute Gasteiger partial charge is 0.465 e. The molecule has 1 atom stereocenters. The first-order chi connectivity index (χ1) is 9.22. The number of nitrogens with zero attached hydrogens (tertiary/aromatic N) is 2. The van der Waals surface area contributed by atoms with Gasteiger partial charge in [-0.1, -0.05) is 13.3 Å². The molecule has 5 heteroatoms. The molecule has 0 spiro atoms. The minimum absolute atomic E-state index is 0.0834. The van der Waals surface area contributed by atoms with Gasteiger partial charge in [0.05, 0.1) is 13.2 Å². The molecule has 0 saturated carbocycles. The van der Waals surface area contributed by atoms with Crippen molar-refractivity contribution in [2.24, 2.45) is 0 Å². The van der Waals surface area contributed by atoms with Crippen molar-refractivity contribution < 1.29 is 14.6 Å². The summed E-state index contributed by atoms with van der Waals surface area (Å²) >= 11 is 0. The zero-order valence-corrected chi connectivity index (χ0v) is 12.3. The summed E-state index contributed by atoms with van der Waals surface area (Å²) in [5.74, 6) is -0.0834. The zero-order chi connectivity index (χ0) is 14.1. The molecular formula is C14H28N2O3. The van der Waals surface area contributed by atoms with Crippen molar-refractivity contribution in [1.82, 2.24) is 9.80 Å². The van der Waals surface area contributed by atoms with E-state index in [2.05, 4.69) is 16.7 Å². The number of ether oxygens (including phenoxy) is 1. The number of hydrogen-bond donors (Lipinski definition) is 1. The van der Waals surface area contributed by atoms with Crippen LogP contribution in [0.2, 0.25) is 0 Å². The Balaban J connectivity index is 2.56. The van der Waals surface area contributed by atoms with E-state index in [1.165, 1.54) is 0 Å². The predicted molar refractivity (Wildman–Crippen MR) is 75.0 cm³/mol. The van der Waals surface area contributed by atoms with Gasteiger partial charge in [-0.15, -0.1) is 0 Å². The molecule has 112 valence electrons. The third-order valence-electron chi connectivity index (χ3n) is 3.60. The number of carbonyl (C=O) groups excluding carboxylic acids is 1. The predicted octanol–water partition coefficient (Wildman–Crippen LogP) is 0.718. The Labute approximate surface area is 116 Å². The average Bonchev–Trinajstić information content (AvgIpc) is 2.62. The van der Waals surface area contributed by atoms with Crippen molar-refractivity contribution in [3.8, 4) is 0 Å². The summed E-state index contributed by atoms with van der Waals surface area (Å²) in [6.07, 6.45) is 2.89. The molecule has 0 amide bonds. The summed E-state index contributed by atoms with van der Waals surface area (Å²) < 4.78 is 5.19. The molecule has 1 saturated heterocycles. The van der Waals surface area contributed by atoms with Gasteiger partial charge >= 0.3 is 5.97 Å². The highest BCUT2D eigenvalue weighted by molar-refractivity contribution is 5.75. The number of β-amino-alcohol motifs (C(OH)–C–C–N with tert-alkyl or cyclic N) is 1. The van der Waals surface area contributed by atoms with Crippen LogP contribution in [-0.2, 0) is 9.53 Å². The van der Waals surface area contributed by atoms with Crippen LogP contribution in [0.5, 0.6) is 0 Å². The third-order valence-corrected chi connectivity index (χ3v) is 3.60.